The number of carbonyl (C=O) groups excluding carboxylic acids is 1. The summed E-state index contributed by atoms with van der Waals surface area (Å²) in [5.74, 6) is 1.07. The molecule has 1 amide bonds. The Labute approximate surface area is 155 Å². The molecule has 0 saturated heterocycles. The largest absolute Gasteiger partial charge is 0.327 e. The van der Waals surface area contributed by atoms with Crippen LogP contribution in [0.3, 0.4) is 0 Å². The van der Waals surface area contributed by atoms with E-state index in [1.165, 1.54) is 13.5 Å². The molecule has 0 spiro atoms. The normalized spacial score (nSPS) is 30.9. The van der Waals surface area contributed by atoms with Crippen molar-refractivity contribution in [3.63, 3.8) is 0 Å². The lowest BCUT2D eigenvalue weighted by Gasteiger charge is -2.44. The van der Waals surface area contributed by atoms with Crippen molar-refractivity contribution in [1.82, 2.24) is 4.72 Å². The van der Waals surface area contributed by atoms with Gasteiger partial charge in [-0.15, -0.1) is 0 Å². The number of fused-ring (bicyclic) bond motifs is 3. The van der Waals surface area contributed by atoms with Crippen LogP contribution in [-0.4, -0.2) is 34.0 Å². The molecule has 1 heterocycles. The maximum atomic E-state index is 13.3. The van der Waals surface area contributed by atoms with Crippen LogP contribution in [0.5, 0.6) is 0 Å². The van der Waals surface area contributed by atoms with Crippen molar-refractivity contribution in [2.45, 2.75) is 49.5 Å². The van der Waals surface area contributed by atoms with Gasteiger partial charge >= 0.3 is 0 Å². The van der Waals surface area contributed by atoms with Crippen LogP contribution in [-0.2, 0) is 21.2 Å². The summed E-state index contributed by atoms with van der Waals surface area (Å²) in [5, 5.41) is 0. The van der Waals surface area contributed by atoms with Crippen LogP contribution in [0.1, 0.15) is 37.7 Å². The highest BCUT2D eigenvalue weighted by Crippen LogP contribution is 2.43. The van der Waals surface area contributed by atoms with Gasteiger partial charge in [-0.1, -0.05) is 12.5 Å². The first-order chi connectivity index (χ1) is 12.4. The molecule has 3 aliphatic rings. The second-order valence-electron chi connectivity index (χ2n) is 7.93. The lowest BCUT2D eigenvalue weighted by atomic mass is 9.65. The number of hydrogen-bond donors (Lipinski definition) is 2. The topological polar surface area (TPSA) is 92.5 Å². The number of nitrogens with one attached hydrogen (secondary N) is 1. The van der Waals surface area contributed by atoms with Crippen LogP contribution >= 0.6 is 0 Å². The first-order valence-electron chi connectivity index (χ1n) is 9.54. The van der Waals surface area contributed by atoms with Gasteiger partial charge in [-0.05, 0) is 68.7 Å². The third kappa shape index (κ3) is 2.96. The summed E-state index contributed by atoms with van der Waals surface area (Å²) in [6.07, 6.45) is 6.00. The summed E-state index contributed by atoms with van der Waals surface area (Å²) in [6.45, 7) is 0.634. The number of amides is 1. The van der Waals surface area contributed by atoms with Gasteiger partial charge in [0.05, 0.1) is 4.90 Å². The summed E-state index contributed by atoms with van der Waals surface area (Å²) in [6, 6.07) is 5.33. The molecule has 0 aromatic heterocycles. The van der Waals surface area contributed by atoms with E-state index in [9.17, 15) is 13.2 Å². The average molecular weight is 378 g/mol. The Hall–Kier alpha value is -1.44. The van der Waals surface area contributed by atoms with Gasteiger partial charge in [-0.2, -0.15) is 0 Å². The Kier molecular flexibility index (Phi) is 4.57. The zero-order valence-corrected chi connectivity index (χ0v) is 16.0. The zero-order chi connectivity index (χ0) is 18.5. The third-order valence-corrected chi connectivity index (χ3v) is 7.97. The van der Waals surface area contributed by atoms with Crippen LogP contribution < -0.4 is 15.4 Å². The van der Waals surface area contributed by atoms with Crippen LogP contribution in [0.4, 0.5) is 5.69 Å². The predicted octanol–water partition coefficient (Wildman–Crippen LogP) is 1.64. The number of carbonyl (C=O) groups is 1. The fraction of sp³-hybridized carbons (Fsp3) is 0.632. The molecule has 2 saturated carbocycles. The Balaban J connectivity index is 1.59. The second kappa shape index (κ2) is 6.62. The van der Waals surface area contributed by atoms with Gasteiger partial charge in [-0.3, -0.25) is 4.79 Å². The van der Waals surface area contributed by atoms with Crippen molar-refractivity contribution >= 4 is 21.6 Å². The molecule has 4 rings (SSSR count). The van der Waals surface area contributed by atoms with Crippen molar-refractivity contribution in [1.29, 1.82) is 0 Å². The van der Waals surface area contributed by atoms with Crippen LogP contribution in [0.15, 0.2) is 23.1 Å². The number of sulfonamides is 1. The first-order valence-corrected chi connectivity index (χ1v) is 11.0. The Morgan fingerprint density at radius 2 is 1.92 bits per heavy atom. The predicted molar refractivity (Wildman–Crippen MR) is 100 cm³/mol. The molecule has 0 radical (unpaired) electrons. The quantitative estimate of drug-likeness (QED) is 0.837. The fourth-order valence-electron chi connectivity index (χ4n) is 5.08. The molecule has 3 N–H and O–H groups in total. The van der Waals surface area contributed by atoms with Crippen LogP contribution in [0.25, 0.3) is 0 Å². The van der Waals surface area contributed by atoms with Gasteiger partial charge in [-0.25, -0.2) is 13.1 Å². The van der Waals surface area contributed by atoms with Crippen LogP contribution in [0, 0.1) is 17.8 Å². The van der Waals surface area contributed by atoms with Crippen molar-refractivity contribution in [3.8, 4) is 0 Å². The summed E-state index contributed by atoms with van der Waals surface area (Å²) >= 11 is 0. The van der Waals surface area contributed by atoms with E-state index in [0.29, 0.717) is 18.4 Å². The van der Waals surface area contributed by atoms with E-state index in [-0.39, 0.29) is 22.8 Å². The number of anilines is 1. The molecule has 2 unspecified atom stereocenters. The summed E-state index contributed by atoms with van der Waals surface area (Å²) in [5.41, 5.74) is 8.16. The van der Waals surface area contributed by atoms with Gasteiger partial charge in [0, 0.05) is 24.2 Å². The fourth-order valence-corrected chi connectivity index (χ4v) is 5.83. The second-order valence-corrected chi connectivity index (χ2v) is 9.82. The van der Waals surface area contributed by atoms with E-state index in [4.69, 9.17) is 5.73 Å². The number of nitrogens with two attached hydrogens (primary N) is 1. The SMILES string of the molecule is CNS(=O)(=O)c1ccc2c(c1)N(C(=O)C1CC3CCCC(C1)C3N)CC2. The van der Waals surface area contributed by atoms with Gasteiger partial charge in [0.15, 0.2) is 0 Å². The van der Waals surface area contributed by atoms with E-state index < -0.39 is 10.0 Å². The number of rotatable bonds is 3. The molecule has 7 heteroatoms. The molecular formula is C19H27N3O3S. The smallest absolute Gasteiger partial charge is 0.240 e. The first kappa shape index (κ1) is 17.9. The Bertz CT molecular complexity index is 809. The van der Waals surface area contributed by atoms with Gasteiger partial charge in [0.2, 0.25) is 15.9 Å². The maximum Gasteiger partial charge on any atom is 0.240 e. The van der Waals surface area contributed by atoms with E-state index in [0.717, 1.165) is 43.4 Å². The van der Waals surface area contributed by atoms with E-state index >= 15 is 0 Å². The lowest BCUT2D eigenvalue weighted by Crippen LogP contribution is -2.49. The highest BCUT2D eigenvalue weighted by Gasteiger charge is 2.42. The number of nitrogens with zero attached hydrogens (tertiary/aromatic N) is 1. The molecule has 6 nitrogen and oxygen atoms in total. The van der Waals surface area contributed by atoms with Gasteiger partial charge in [0.1, 0.15) is 0 Å². The molecule has 2 bridgehead atoms. The molecule has 2 aliphatic carbocycles. The molecular weight excluding hydrogens is 350 g/mol. The summed E-state index contributed by atoms with van der Waals surface area (Å²) in [4.78, 5) is 15.3. The van der Waals surface area contributed by atoms with Crippen molar-refractivity contribution < 1.29 is 13.2 Å². The van der Waals surface area contributed by atoms with E-state index in [1.807, 2.05) is 6.07 Å². The Morgan fingerprint density at radius 3 is 2.58 bits per heavy atom. The lowest BCUT2D eigenvalue weighted by molar-refractivity contribution is -0.125. The van der Waals surface area contributed by atoms with E-state index in [2.05, 4.69) is 4.72 Å². The maximum absolute atomic E-state index is 13.3. The van der Waals surface area contributed by atoms with E-state index in [1.54, 1.807) is 17.0 Å². The highest BCUT2D eigenvalue weighted by atomic mass is 32.2. The van der Waals surface area contributed by atoms with Crippen LogP contribution in [0.2, 0.25) is 0 Å². The minimum absolute atomic E-state index is 0.0145. The number of hydrogen-bond acceptors (Lipinski definition) is 4. The molecule has 2 fully saturated rings. The van der Waals surface area contributed by atoms with Crippen molar-refractivity contribution in [3.05, 3.63) is 23.8 Å². The minimum atomic E-state index is -3.52. The van der Waals surface area contributed by atoms with Gasteiger partial charge < -0.3 is 10.6 Å². The molecule has 2 atom stereocenters. The standard InChI is InChI=1S/C19H27N3O3S/c1-21-26(24,25)16-6-5-12-7-8-22(17(12)11-16)19(23)15-9-13-3-2-4-14(10-15)18(13)20/h5-6,11,13-15,18,21H,2-4,7-10,20H2,1H3. The molecule has 1 aromatic carbocycles. The highest BCUT2D eigenvalue weighted by molar-refractivity contribution is 7.89. The monoisotopic (exact) mass is 377 g/mol. The molecule has 142 valence electrons. The molecule has 26 heavy (non-hydrogen) atoms. The minimum Gasteiger partial charge on any atom is -0.327 e. The summed E-state index contributed by atoms with van der Waals surface area (Å²) < 4.78 is 26.6. The zero-order valence-electron chi connectivity index (χ0n) is 15.1. The van der Waals surface area contributed by atoms with Gasteiger partial charge in [0.25, 0.3) is 0 Å². The third-order valence-electron chi connectivity index (χ3n) is 6.56. The van der Waals surface area contributed by atoms with Crippen molar-refractivity contribution in [2.75, 3.05) is 18.5 Å². The van der Waals surface area contributed by atoms with Crippen molar-refractivity contribution in [2.24, 2.45) is 23.5 Å². The average Bonchev–Trinajstić information content (AvgIpc) is 3.04. The Morgan fingerprint density at radius 1 is 1.23 bits per heavy atom. The molecule has 1 aromatic rings. The summed E-state index contributed by atoms with van der Waals surface area (Å²) in [7, 11) is -2.12. The number of benzene rings is 1. The molecule has 1 aliphatic heterocycles.